The zero-order valence-corrected chi connectivity index (χ0v) is 11.1. The van der Waals surface area contributed by atoms with Crippen molar-refractivity contribution in [3.05, 3.63) is 29.6 Å². The Morgan fingerprint density at radius 2 is 2.18 bits per heavy atom. The quantitative estimate of drug-likeness (QED) is 0.876. The first-order chi connectivity index (χ1) is 8.17. The van der Waals surface area contributed by atoms with E-state index in [-0.39, 0.29) is 0 Å². The summed E-state index contributed by atoms with van der Waals surface area (Å²) in [7, 11) is 4.09. The molecular weight excluding hydrogens is 210 g/mol. The van der Waals surface area contributed by atoms with E-state index in [0.717, 1.165) is 24.3 Å². The van der Waals surface area contributed by atoms with Gasteiger partial charge in [-0.25, -0.2) is 4.98 Å². The van der Waals surface area contributed by atoms with Crippen molar-refractivity contribution in [1.82, 2.24) is 14.9 Å². The fourth-order valence-electron chi connectivity index (χ4n) is 2.33. The van der Waals surface area contributed by atoms with E-state index in [2.05, 4.69) is 47.0 Å². The first kappa shape index (κ1) is 12.1. The third kappa shape index (κ3) is 2.20. The molecule has 0 bridgehead atoms. The smallest absolute Gasteiger partial charge is 0.106 e. The van der Waals surface area contributed by atoms with Gasteiger partial charge in [-0.3, -0.25) is 0 Å². The van der Waals surface area contributed by atoms with Crippen molar-refractivity contribution < 1.29 is 0 Å². The number of hydrogen-bond donors (Lipinski definition) is 1. The maximum Gasteiger partial charge on any atom is 0.106 e. The number of aromatic nitrogens is 2. The van der Waals surface area contributed by atoms with Crippen LogP contribution in [0.4, 0.5) is 0 Å². The molecule has 0 aliphatic heterocycles. The van der Waals surface area contributed by atoms with Crippen molar-refractivity contribution in [2.75, 3.05) is 13.6 Å². The summed E-state index contributed by atoms with van der Waals surface area (Å²) in [5.74, 6) is 1.65. The number of hydrogen-bond acceptors (Lipinski definition) is 2. The Kier molecular flexibility index (Phi) is 3.48. The van der Waals surface area contributed by atoms with Gasteiger partial charge in [0.25, 0.3) is 0 Å². The Morgan fingerprint density at radius 3 is 2.82 bits per heavy atom. The van der Waals surface area contributed by atoms with Gasteiger partial charge in [-0.1, -0.05) is 13.0 Å². The van der Waals surface area contributed by atoms with Crippen LogP contribution in [-0.2, 0) is 7.05 Å². The first-order valence-electron chi connectivity index (χ1n) is 6.25. The highest BCUT2D eigenvalue weighted by molar-refractivity contribution is 5.77. The topological polar surface area (TPSA) is 29.9 Å². The lowest BCUT2D eigenvalue weighted by molar-refractivity contribution is 0.612. The van der Waals surface area contributed by atoms with Crippen LogP contribution in [0, 0.1) is 6.92 Å². The van der Waals surface area contributed by atoms with Gasteiger partial charge >= 0.3 is 0 Å². The molecule has 0 aliphatic carbocycles. The summed E-state index contributed by atoms with van der Waals surface area (Å²) in [5.41, 5.74) is 3.72. The van der Waals surface area contributed by atoms with E-state index in [1.807, 2.05) is 14.0 Å². The summed E-state index contributed by atoms with van der Waals surface area (Å²) in [6.07, 6.45) is 1.16. The van der Waals surface area contributed by atoms with Crippen molar-refractivity contribution in [3.8, 4) is 0 Å². The molecule has 1 heterocycles. The van der Waals surface area contributed by atoms with Gasteiger partial charge in [0.2, 0.25) is 0 Å². The number of likely N-dealkylation sites (N-methyl/N-ethyl adjacent to an activating group) is 1. The van der Waals surface area contributed by atoms with Gasteiger partial charge in [-0.05, 0) is 44.0 Å². The van der Waals surface area contributed by atoms with Crippen LogP contribution in [0.2, 0.25) is 0 Å². The second-order valence-corrected chi connectivity index (χ2v) is 4.63. The van der Waals surface area contributed by atoms with E-state index in [1.165, 1.54) is 11.1 Å². The number of nitrogens with one attached hydrogen (secondary N) is 1. The van der Waals surface area contributed by atoms with Crippen molar-refractivity contribution in [3.63, 3.8) is 0 Å². The van der Waals surface area contributed by atoms with E-state index in [4.69, 9.17) is 0 Å². The van der Waals surface area contributed by atoms with Gasteiger partial charge in [0.1, 0.15) is 5.82 Å². The normalized spacial score (nSPS) is 13.2. The van der Waals surface area contributed by atoms with Crippen LogP contribution < -0.4 is 5.32 Å². The van der Waals surface area contributed by atoms with Gasteiger partial charge in [-0.15, -0.1) is 0 Å². The average molecular weight is 231 g/mol. The minimum Gasteiger partial charge on any atom is -0.331 e. The van der Waals surface area contributed by atoms with Crippen LogP contribution in [0.5, 0.6) is 0 Å². The first-order valence-corrected chi connectivity index (χ1v) is 6.25. The molecule has 1 atom stereocenters. The largest absolute Gasteiger partial charge is 0.331 e. The van der Waals surface area contributed by atoms with Gasteiger partial charge < -0.3 is 9.88 Å². The van der Waals surface area contributed by atoms with E-state index < -0.39 is 0 Å². The molecule has 0 amide bonds. The summed E-state index contributed by atoms with van der Waals surface area (Å²) in [6.45, 7) is 5.31. The zero-order chi connectivity index (χ0) is 12.4. The maximum atomic E-state index is 4.53. The lowest BCUT2D eigenvalue weighted by atomic mass is 9.96. The highest BCUT2D eigenvalue weighted by atomic mass is 15.0. The lowest BCUT2D eigenvalue weighted by Crippen LogP contribution is -2.16. The standard InChI is InChI=1S/C14H21N3/c1-5-11(9-15-3)12-6-7-13-14(8-12)17(4)10(2)16-13/h6-8,11,15H,5,9H2,1-4H3. The van der Waals surface area contributed by atoms with Gasteiger partial charge in [-0.2, -0.15) is 0 Å². The Labute approximate surface area is 103 Å². The number of benzene rings is 1. The molecule has 1 unspecified atom stereocenters. The minimum atomic E-state index is 0.583. The molecule has 0 spiro atoms. The lowest BCUT2D eigenvalue weighted by Gasteiger charge is -2.14. The molecule has 0 saturated heterocycles. The number of rotatable bonds is 4. The summed E-state index contributed by atoms with van der Waals surface area (Å²) in [4.78, 5) is 4.53. The monoisotopic (exact) mass is 231 g/mol. The van der Waals surface area contributed by atoms with Crippen molar-refractivity contribution in [1.29, 1.82) is 0 Å². The average Bonchev–Trinajstić information content (AvgIpc) is 2.62. The highest BCUT2D eigenvalue weighted by Crippen LogP contribution is 2.23. The van der Waals surface area contributed by atoms with Crippen LogP contribution in [0.3, 0.4) is 0 Å². The summed E-state index contributed by atoms with van der Waals surface area (Å²) < 4.78 is 2.16. The van der Waals surface area contributed by atoms with Gasteiger partial charge in [0.15, 0.2) is 0 Å². The van der Waals surface area contributed by atoms with E-state index in [9.17, 15) is 0 Å². The van der Waals surface area contributed by atoms with Crippen LogP contribution in [0.1, 0.15) is 30.7 Å². The maximum absolute atomic E-state index is 4.53. The molecule has 0 radical (unpaired) electrons. The second kappa shape index (κ2) is 4.88. The number of aryl methyl sites for hydroxylation is 2. The highest BCUT2D eigenvalue weighted by Gasteiger charge is 2.11. The Balaban J connectivity index is 2.45. The Morgan fingerprint density at radius 1 is 1.41 bits per heavy atom. The molecule has 0 saturated carbocycles. The van der Waals surface area contributed by atoms with E-state index in [0.29, 0.717) is 5.92 Å². The molecule has 1 N–H and O–H groups in total. The third-order valence-electron chi connectivity index (χ3n) is 3.54. The van der Waals surface area contributed by atoms with Crippen LogP contribution in [0.15, 0.2) is 18.2 Å². The van der Waals surface area contributed by atoms with Crippen molar-refractivity contribution in [2.24, 2.45) is 7.05 Å². The molecule has 2 aromatic rings. The predicted octanol–water partition coefficient (Wildman–Crippen LogP) is 2.59. The van der Waals surface area contributed by atoms with E-state index >= 15 is 0 Å². The molecule has 0 fully saturated rings. The fraction of sp³-hybridized carbons (Fsp3) is 0.500. The Hall–Kier alpha value is -1.35. The van der Waals surface area contributed by atoms with Crippen LogP contribution in [0.25, 0.3) is 11.0 Å². The molecule has 0 aliphatic rings. The third-order valence-corrected chi connectivity index (χ3v) is 3.54. The molecule has 92 valence electrons. The van der Waals surface area contributed by atoms with Gasteiger partial charge in [0, 0.05) is 13.6 Å². The minimum absolute atomic E-state index is 0.583. The summed E-state index contributed by atoms with van der Waals surface area (Å²) in [6, 6.07) is 6.62. The Bertz CT molecular complexity index is 513. The van der Waals surface area contributed by atoms with E-state index in [1.54, 1.807) is 0 Å². The van der Waals surface area contributed by atoms with Crippen molar-refractivity contribution >= 4 is 11.0 Å². The molecule has 17 heavy (non-hydrogen) atoms. The SMILES string of the molecule is CCC(CNC)c1ccc2nc(C)n(C)c2c1. The molecule has 1 aromatic heterocycles. The number of imidazole rings is 1. The van der Waals surface area contributed by atoms with Gasteiger partial charge in [0.05, 0.1) is 11.0 Å². The number of nitrogens with zero attached hydrogens (tertiary/aromatic N) is 2. The molecule has 3 nitrogen and oxygen atoms in total. The fourth-order valence-corrected chi connectivity index (χ4v) is 2.33. The van der Waals surface area contributed by atoms with Crippen molar-refractivity contribution in [2.45, 2.75) is 26.2 Å². The van der Waals surface area contributed by atoms with Crippen LogP contribution in [-0.4, -0.2) is 23.1 Å². The van der Waals surface area contributed by atoms with Crippen LogP contribution >= 0.6 is 0 Å². The number of fused-ring (bicyclic) bond motifs is 1. The summed E-state index contributed by atoms with van der Waals surface area (Å²) in [5, 5.41) is 3.26. The molecule has 3 heteroatoms. The molecule has 2 rings (SSSR count). The predicted molar refractivity (Wildman–Crippen MR) is 72.4 cm³/mol. The molecular formula is C14H21N3. The zero-order valence-electron chi connectivity index (χ0n) is 11.1. The summed E-state index contributed by atoms with van der Waals surface area (Å²) >= 11 is 0. The molecule has 1 aromatic carbocycles. The second-order valence-electron chi connectivity index (χ2n) is 4.63.